The minimum absolute atomic E-state index is 0.255. The molecule has 0 aromatic carbocycles. The van der Waals surface area contributed by atoms with Gasteiger partial charge in [-0.25, -0.2) is 15.8 Å². The van der Waals surface area contributed by atoms with Crippen LogP contribution in [0.15, 0.2) is 6.07 Å². The second kappa shape index (κ2) is 6.29. The van der Waals surface area contributed by atoms with Crippen molar-refractivity contribution in [3.8, 4) is 0 Å². The van der Waals surface area contributed by atoms with Crippen LogP contribution < -0.4 is 11.3 Å². The van der Waals surface area contributed by atoms with Crippen LogP contribution in [0.5, 0.6) is 0 Å². The van der Waals surface area contributed by atoms with E-state index in [0.29, 0.717) is 23.1 Å². The highest BCUT2D eigenvalue weighted by Gasteiger charge is 2.04. The molecule has 0 fully saturated rings. The van der Waals surface area contributed by atoms with Crippen LogP contribution in [-0.2, 0) is 15.3 Å². The molecule has 0 radical (unpaired) electrons. The van der Waals surface area contributed by atoms with E-state index in [2.05, 4.69) is 20.1 Å². The predicted molar refractivity (Wildman–Crippen MR) is 62.8 cm³/mol. The molecule has 1 aromatic heterocycles. The molecule has 16 heavy (non-hydrogen) atoms. The van der Waals surface area contributed by atoms with Crippen molar-refractivity contribution in [2.75, 3.05) is 18.3 Å². The number of thioether (sulfide) groups is 1. The number of aryl methyl sites for hydroxylation is 1. The number of carbonyl (C=O) groups is 1. The van der Waals surface area contributed by atoms with Gasteiger partial charge in [0, 0.05) is 11.8 Å². The van der Waals surface area contributed by atoms with Crippen LogP contribution in [0.2, 0.25) is 0 Å². The Hall–Kier alpha value is -1.34. The zero-order valence-corrected chi connectivity index (χ0v) is 10.0. The van der Waals surface area contributed by atoms with Gasteiger partial charge >= 0.3 is 5.97 Å². The van der Waals surface area contributed by atoms with Gasteiger partial charge in [-0.3, -0.25) is 4.79 Å². The second-order valence-corrected chi connectivity index (χ2v) is 4.01. The SMILES string of the molecule is COC(=O)CSCc1nc(C)cc(NN)n1. The average Bonchev–Trinajstić information content (AvgIpc) is 2.28. The lowest BCUT2D eigenvalue weighted by atomic mass is 10.4. The number of hydrogen-bond donors (Lipinski definition) is 2. The number of nitrogen functional groups attached to an aromatic ring is 1. The monoisotopic (exact) mass is 242 g/mol. The number of aromatic nitrogens is 2. The molecule has 6 nitrogen and oxygen atoms in total. The minimum atomic E-state index is -0.255. The summed E-state index contributed by atoms with van der Waals surface area (Å²) in [6, 6.07) is 1.74. The number of methoxy groups -OCH3 is 1. The number of rotatable bonds is 5. The van der Waals surface area contributed by atoms with E-state index in [9.17, 15) is 4.79 Å². The third-order valence-corrected chi connectivity index (χ3v) is 2.63. The minimum Gasteiger partial charge on any atom is -0.468 e. The van der Waals surface area contributed by atoms with Gasteiger partial charge in [-0.1, -0.05) is 0 Å². The molecule has 0 unspecified atom stereocenters. The number of hydrogen-bond acceptors (Lipinski definition) is 7. The van der Waals surface area contributed by atoms with Crippen LogP contribution in [0.4, 0.5) is 5.82 Å². The maximum absolute atomic E-state index is 10.9. The molecular weight excluding hydrogens is 228 g/mol. The van der Waals surface area contributed by atoms with Crippen LogP contribution in [-0.4, -0.2) is 28.8 Å². The Morgan fingerprint density at radius 1 is 1.62 bits per heavy atom. The molecule has 0 aliphatic heterocycles. The van der Waals surface area contributed by atoms with Gasteiger partial charge in [0.2, 0.25) is 0 Å². The van der Waals surface area contributed by atoms with Crippen molar-refractivity contribution in [1.82, 2.24) is 9.97 Å². The van der Waals surface area contributed by atoms with Gasteiger partial charge in [-0.15, -0.1) is 11.8 Å². The van der Waals surface area contributed by atoms with Crippen LogP contribution in [0.25, 0.3) is 0 Å². The number of carbonyl (C=O) groups excluding carboxylic acids is 1. The average molecular weight is 242 g/mol. The lowest BCUT2D eigenvalue weighted by molar-refractivity contribution is -0.137. The summed E-state index contributed by atoms with van der Waals surface area (Å²) in [5.41, 5.74) is 3.30. The Kier molecular flexibility index (Phi) is 5.00. The molecule has 1 heterocycles. The Morgan fingerprint density at radius 3 is 3.00 bits per heavy atom. The molecule has 0 bridgehead atoms. The first-order chi connectivity index (χ1) is 7.65. The predicted octanol–water partition coefficient (Wildman–Crippen LogP) is 0.477. The molecule has 0 amide bonds. The number of hydrazine groups is 1. The summed E-state index contributed by atoms with van der Waals surface area (Å²) in [7, 11) is 1.36. The molecule has 0 saturated carbocycles. The highest BCUT2D eigenvalue weighted by Crippen LogP contribution is 2.11. The number of ether oxygens (including phenoxy) is 1. The standard InChI is InChI=1S/C9H14N4O2S/c1-6-3-7(13-10)12-8(11-6)4-16-5-9(14)15-2/h3H,4-5,10H2,1-2H3,(H,11,12,13). The second-order valence-electron chi connectivity index (χ2n) is 3.02. The van der Waals surface area contributed by atoms with E-state index in [1.54, 1.807) is 6.07 Å². The summed E-state index contributed by atoms with van der Waals surface area (Å²) < 4.78 is 4.52. The summed E-state index contributed by atoms with van der Waals surface area (Å²) >= 11 is 1.40. The van der Waals surface area contributed by atoms with Crippen molar-refractivity contribution in [2.45, 2.75) is 12.7 Å². The van der Waals surface area contributed by atoms with Crippen LogP contribution in [0, 0.1) is 6.92 Å². The first-order valence-electron chi connectivity index (χ1n) is 4.61. The summed E-state index contributed by atoms with van der Waals surface area (Å²) in [5.74, 6) is 7.06. The fourth-order valence-corrected chi connectivity index (χ4v) is 1.75. The maximum Gasteiger partial charge on any atom is 0.315 e. The van der Waals surface area contributed by atoms with E-state index in [4.69, 9.17) is 5.84 Å². The van der Waals surface area contributed by atoms with E-state index < -0.39 is 0 Å². The van der Waals surface area contributed by atoms with Gasteiger partial charge in [-0.2, -0.15) is 0 Å². The fraction of sp³-hybridized carbons (Fsp3) is 0.444. The Morgan fingerprint density at radius 2 is 2.38 bits per heavy atom. The van der Waals surface area contributed by atoms with Gasteiger partial charge in [0.05, 0.1) is 18.6 Å². The number of nitrogens with one attached hydrogen (secondary N) is 1. The van der Waals surface area contributed by atoms with E-state index in [0.717, 1.165) is 5.69 Å². The van der Waals surface area contributed by atoms with Crippen molar-refractivity contribution in [3.05, 3.63) is 17.6 Å². The van der Waals surface area contributed by atoms with Crippen molar-refractivity contribution in [1.29, 1.82) is 0 Å². The van der Waals surface area contributed by atoms with Crippen molar-refractivity contribution in [3.63, 3.8) is 0 Å². The quantitative estimate of drug-likeness (QED) is 0.441. The van der Waals surface area contributed by atoms with Crippen molar-refractivity contribution < 1.29 is 9.53 Å². The molecule has 7 heteroatoms. The molecule has 1 aromatic rings. The van der Waals surface area contributed by atoms with Gasteiger partial charge < -0.3 is 10.2 Å². The van der Waals surface area contributed by atoms with Gasteiger partial charge in [0.25, 0.3) is 0 Å². The molecule has 0 saturated heterocycles. The van der Waals surface area contributed by atoms with Crippen LogP contribution in [0.1, 0.15) is 11.5 Å². The molecule has 3 N–H and O–H groups in total. The number of anilines is 1. The highest BCUT2D eigenvalue weighted by atomic mass is 32.2. The number of esters is 1. The van der Waals surface area contributed by atoms with E-state index in [1.165, 1.54) is 18.9 Å². The van der Waals surface area contributed by atoms with Crippen LogP contribution in [0.3, 0.4) is 0 Å². The number of nitrogens with two attached hydrogens (primary N) is 1. The summed E-state index contributed by atoms with van der Waals surface area (Å²) in [4.78, 5) is 19.3. The van der Waals surface area contributed by atoms with Crippen molar-refractivity contribution >= 4 is 23.5 Å². The smallest absolute Gasteiger partial charge is 0.315 e. The maximum atomic E-state index is 10.9. The van der Waals surface area contributed by atoms with Gasteiger partial charge in [0.1, 0.15) is 11.6 Å². The van der Waals surface area contributed by atoms with E-state index >= 15 is 0 Å². The molecule has 0 spiro atoms. The lowest BCUT2D eigenvalue weighted by Crippen LogP contribution is -2.11. The Balaban J connectivity index is 2.53. The third-order valence-electron chi connectivity index (χ3n) is 1.73. The van der Waals surface area contributed by atoms with Gasteiger partial charge in [0.15, 0.2) is 0 Å². The molecule has 1 rings (SSSR count). The molecule has 88 valence electrons. The first-order valence-corrected chi connectivity index (χ1v) is 5.77. The highest BCUT2D eigenvalue weighted by molar-refractivity contribution is 7.99. The summed E-state index contributed by atoms with van der Waals surface area (Å²) in [6.07, 6.45) is 0. The lowest BCUT2D eigenvalue weighted by Gasteiger charge is -2.04. The zero-order chi connectivity index (χ0) is 12.0. The third kappa shape index (κ3) is 4.03. The largest absolute Gasteiger partial charge is 0.468 e. The zero-order valence-electron chi connectivity index (χ0n) is 9.19. The topological polar surface area (TPSA) is 90.1 Å². The van der Waals surface area contributed by atoms with Crippen LogP contribution >= 0.6 is 11.8 Å². The Bertz CT molecular complexity index is 373. The molecule has 0 aliphatic rings. The normalized spacial score (nSPS) is 9.94. The summed E-state index contributed by atoms with van der Waals surface area (Å²) in [6.45, 7) is 1.86. The summed E-state index contributed by atoms with van der Waals surface area (Å²) in [5, 5.41) is 0. The first kappa shape index (κ1) is 12.7. The molecular formula is C9H14N4O2S. The van der Waals surface area contributed by atoms with Crippen molar-refractivity contribution in [2.24, 2.45) is 5.84 Å². The fourth-order valence-electron chi connectivity index (χ4n) is 1.05. The number of nitrogens with zero attached hydrogens (tertiary/aromatic N) is 2. The van der Waals surface area contributed by atoms with E-state index in [-0.39, 0.29) is 5.97 Å². The Labute approximate surface area is 98.0 Å². The van der Waals surface area contributed by atoms with E-state index in [1.807, 2.05) is 6.92 Å². The van der Waals surface area contributed by atoms with Gasteiger partial charge in [-0.05, 0) is 6.92 Å². The molecule has 0 atom stereocenters. The molecule has 0 aliphatic carbocycles.